The molecule has 12 heavy (non-hydrogen) atoms. The molecule has 0 aromatic heterocycles. The Balaban J connectivity index is 2.34. The molecule has 0 aromatic rings. The Bertz CT molecular complexity index is 126. The minimum absolute atomic E-state index is 0.909. The van der Waals surface area contributed by atoms with Crippen LogP contribution in [0.2, 0.25) is 0 Å². The van der Waals surface area contributed by atoms with Gasteiger partial charge in [-0.3, -0.25) is 0 Å². The van der Waals surface area contributed by atoms with Crippen molar-refractivity contribution in [2.45, 2.75) is 53.4 Å². The van der Waals surface area contributed by atoms with Crippen LogP contribution in [0, 0.1) is 23.7 Å². The molecule has 0 N–H and O–H groups in total. The van der Waals surface area contributed by atoms with E-state index in [-0.39, 0.29) is 0 Å². The predicted octanol–water partition coefficient (Wildman–Crippen LogP) is 4.10. The van der Waals surface area contributed by atoms with Crippen molar-refractivity contribution >= 4 is 0 Å². The van der Waals surface area contributed by atoms with Crippen LogP contribution in [-0.4, -0.2) is 0 Å². The molecule has 1 fully saturated rings. The van der Waals surface area contributed by atoms with Gasteiger partial charge in [-0.05, 0) is 30.1 Å². The quantitative estimate of drug-likeness (QED) is 0.579. The van der Waals surface area contributed by atoms with Gasteiger partial charge in [0.05, 0.1) is 0 Å². The fourth-order valence-corrected chi connectivity index (χ4v) is 2.64. The molecule has 0 saturated heterocycles. The number of rotatable bonds is 5. The number of hydrogen-bond donors (Lipinski definition) is 0. The third-order valence-corrected chi connectivity index (χ3v) is 3.53. The Morgan fingerprint density at radius 3 is 2.25 bits per heavy atom. The summed E-state index contributed by atoms with van der Waals surface area (Å²) in [6.07, 6.45) is 5.77. The first kappa shape index (κ1) is 10.1. The Labute approximate surface area is 77.7 Å². The molecular weight excluding hydrogens is 144 g/mol. The minimum Gasteiger partial charge on any atom is -0.0654 e. The second kappa shape index (κ2) is 4.30. The molecule has 72 valence electrons. The smallest absolute Gasteiger partial charge is 0.0352 e. The van der Waals surface area contributed by atoms with E-state index in [1.165, 1.54) is 25.7 Å². The topological polar surface area (TPSA) is 0 Å². The van der Waals surface area contributed by atoms with Crippen LogP contribution in [0.3, 0.4) is 0 Å². The third kappa shape index (κ3) is 2.24. The summed E-state index contributed by atoms with van der Waals surface area (Å²) in [7, 11) is 0. The molecule has 1 aliphatic rings. The van der Waals surface area contributed by atoms with E-state index in [0.717, 1.165) is 23.7 Å². The van der Waals surface area contributed by atoms with Gasteiger partial charge in [0.25, 0.3) is 0 Å². The summed E-state index contributed by atoms with van der Waals surface area (Å²) in [5.41, 5.74) is 0. The molecule has 1 aliphatic carbocycles. The molecule has 0 amide bonds. The van der Waals surface area contributed by atoms with Crippen LogP contribution in [0.5, 0.6) is 0 Å². The lowest BCUT2D eigenvalue weighted by molar-refractivity contribution is 0.299. The Kier molecular flexibility index (Phi) is 3.61. The molecule has 0 heterocycles. The standard InChI is InChI=1S/C12H24/c1-5-7-11(9(3)4)12-8-10(12)6-2/h9-12H,5-8H2,1-4H3. The largest absolute Gasteiger partial charge is 0.0654 e. The van der Waals surface area contributed by atoms with Crippen molar-refractivity contribution in [2.75, 3.05) is 0 Å². The maximum atomic E-state index is 2.39. The zero-order chi connectivity index (χ0) is 9.14. The van der Waals surface area contributed by atoms with E-state index >= 15 is 0 Å². The predicted molar refractivity (Wildman–Crippen MR) is 55.1 cm³/mol. The lowest BCUT2D eigenvalue weighted by atomic mass is 9.86. The average Bonchev–Trinajstić information content (AvgIpc) is 2.78. The molecule has 0 spiro atoms. The average molecular weight is 168 g/mol. The first-order valence-electron chi connectivity index (χ1n) is 5.70. The molecule has 3 unspecified atom stereocenters. The van der Waals surface area contributed by atoms with E-state index in [0.29, 0.717) is 0 Å². The van der Waals surface area contributed by atoms with Gasteiger partial charge in [-0.15, -0.1) is 0 Å². The van der Waals surface area contributed by atoms with Gasteiger partial charge in [-0.1, -0.05) is 47.0 Å². The summed E-state index contributed by atoms with van der Waals surface area (Å²) in [5.74, 6) is 4.12. The fourth-order valence-electron chi connectivity index (χ4n) is 2.64. The second-order valence-corrected chi connectivity index (χ2v) is 4.76. The summed E-state index contributed by atoms with van der Waals surface area (Å²) in [6, 6.07) is 0. The highest BCUT2D eigenvalue weighted by molar-refractivity contribution is 4.91. The summed E-state index contributed by atoms with van der Waals surface area (Å²) in [5, 5.41) is 0. The molecule has 0 heteroatoms. The van der Waals surface area contributed by atoms with Crippen molar-refractivity contribution in [2.24, 2.45) is 23.7 Å². The van der Waals surface area contributed by atoms with Crippen molar-refractivity contribution in [3.05, 3.63) is 0 Å². The first-order valence-corrected chi connectivity index (χ1v) is 5.70. The summed E-state index contributed by atoms with van der Waals surface area (Å²) >= 11 is 0. The number of hydrogen-bond acceptors (Lipinski definition) is 0. The van der Waals surface area contributed by atoms with Crippen molar-refractivity contribution < 1.29 is 0 Å². The van der Waals surface area contributed by atoms with Gasteiger partial charge >= 0.3 is 0 Å². The molecule has 0 aromatic carbocycles. The summed E-state index contributed by atoms with van der Waals surface area (Å²) < 4.78 is 0. The monoisotopic (exact) mass is 168 g/mol. The lowest BCUT2D eigenvalue weighted by Gasteiger charge is -2.20. The van der Waals surface area contributed by atoms with Crippen LogP contribution in [0.25, 0.3) is 0 Å². The Morgan fingerprint density at radius 1 is 1.25 bits per heavy atom. The van der Waals surface area contributed by atoms with Crippen molar-refractivity contribution in [1.82, 2.24) is 0 Å². The van der Waals surface area contributed by atoms with Crippen LogP contribution in [0.4, 0.5) is 0 Å². The van der Waals surface area contributed by atoms with E-state index in [4.69, 9.17) is 0 Å². The Hall–Kier alpha value is 0. The van der Waals surface area contributed by atoms with E-state index in [1.54, 1.807) is 0 Å². The minimum atomic E-state index is 0.909. The van der Waals surface area contributed by atoms with Gasteiger partial charge in [0.15, 0.2) is 0 Å². The molecule has 1 rings (SSSR count). The van der Waals surface area contributed by atoms with E-state index in [9.17, 15) is 0 Å². The second-order valence-electron chi connectivity index (χ2n) is 4.76. The zero-order valence-corrected chi connectivity index (χ0v) is 9.14. The van der Waals surface area contributed by atoms with Gasteiger partial charge in [-0.2, -0.15) is 0 Å². The highest BCUT2D eigenvalue weighted by Crippen LogP contribution is 2.50. The van der Waals surface area contributed by atoms with Crippen LogP contribution in [0.15, 0.2) is 0 Å². The molecular formula is C12H24. The lowest BCUT2D eigenvalue weighted by Crippen LogP contribution is -2.11. The first-order chi connectivity index (χ1) is 5.70. The van der Waals surface area contributed by atoms with Crippen LogP contribution in [-0.2, 0) is 0 Å². The highest BCUT2D eigenvalue weighted by Gasteiger charge is 2.41. The van der Waals surface area contributed by atoms with Crippen LogP contribution >= 0.6 is 0 Å². The summed E-state index contributed by atoms with van der Waals surface area (Å²) in [4.78, 5) is 0. The molecule has 1 saturated carbocycles. The molecule has 0 bridgehead atoms. The van der Waals surface area contributed by atoms with Gasteiger partial charge < -0.3 is 0 Å². The van der Waals surface area contributed by atoms with Crippen molar-refractivity contribution in [3.8, 4) is 0 Å². The van der Waals surface area contributed by atoms with Crippen LogP contribution < -0.4 is 0 Å². The maximum absolute atomic E-state index is 2.39. The van der Waals surface area contributed by atoms with E-state index in [2.05, 4.69) is 27.7 Å². The van der Waals surface area contributed by atoms with Gasteiger partial charge in [-0.25, -0.2) is 0 Å². The van der Waals surface area contributed by atoms with E-state index in [1.807, 2.05) is 0 Å². The Morgan fingerprint density at radius 2 is 1.92 bits per heavy atom. The van der Waals surface area contributed by atoms with Gasteiger partial charge in [0, 0.05) is 0 Å². The van der Waals surface area contributed by atoms with Crippen molar-refractivity contribution in [3.63, 3.8) is 0 Å². The molecule has 3 atom stereocenters. The maximum Gasteiger partial charge on any atom is -0.0352 e. The van der Waals surface area contributed by atoms with Crippen molar-refractivity contribution in [1.29, 1.82) is 0 Å². The third-order valence-electron chi connectivity index (χ3n) is 3.53. The van der Waals surface area contributed by atoms with Gasteiger partial charge in [0.1, 0.15) is 0 Å². The van der Waals surface area contributed by atoms with Crippen LogP contribution in [0.1, 0.15) is 53.4 Å². The highest BCUT2D eigenvalue weighted by atomic mass is 14.5. The summed E-state index contributed by atoms with van der Waals surface area (Å²) in [6.45, 7) is 9.45. The normalized spacial score (nSPS) is 30.8. The molecule has 0 aliphatic heterocycles. The molecule has 0 nitrogen and oxygen atoms in total. The van der Waals surface area contributed by atoms with E-state index < -0.39 is 0 Å². The van der Waals surface area contributed by atoms with Gasteiger partial charge in [0.2, 0.25) is 0 Å². The molecule has 0 radical (unpaired) electrons. The SMILES string of the molecule is CCCC(C(C)C)C1CC1CC. The zero-order valence-electron chi connectivity index (χ0n) is 9.14. The fraction of sp³-hybridized carbons (Fsp3) is 1.00.